The highest BCUT2D eigenvalue weighted by Crippen LogP contribution is 2.38. The number of carbonyl (C=O) groups is 1. The molecule has 0 spiro atoms. The molecule has 0 aliphatic carbocycles. The number of aromatic nitrogens is 1. The van der Waals surface area contributed by atoms with Crippen molar-refractivity contribution in [2.75, 3.05) is 32.7 Å². The van der Waals surface area contributed by atoms with Crippen molar-refractivity contribution in [2.24, 2.45) is 0 Å². The number of piperazine rings is 1. The van der Waals surface area contributed by atoms with Crippen molar-refractivity contribution in [3.8, 4) is 0 Å². The molecule has 0 N–H and O–H groups in total. The number of nitrogens with zero attached hydrogens (tertiary/aromatic N) is 3. The summed E-state index contributed by atoms with van der Waals surface area (Å²) in [7, 11) is 0. The molecule has 1 fully saturated rings. The minimum atomic E-state index is -4.46. The van der Waals surface area contributed by atoms with Gasteiger partial charge < -0.3 is 14.4 Å². The molecule has 0 saturated carbocycles. The molecule has 0 radical (unpaired) electrons. The van der Waals surface area contributed by atoms with E-state index in [2.05, 4.69) is 28.5 Å². The van der Waals surface area contributed by atoms with E-state index < -0.39 is 17.7 Å². The van der Waals surface area contributed by atoms with E-state index in [1.807, 2.05) is 53.6 Å². The molecule has 1 aromatic heterocycles. The van der Waals surface area contributed by atoms with Crippen LogP contribution in [0.5, 0.6) is 0 Å². The predicted octanol–water partition coefficient (Wildman–Crippen LogP) is 6.39. The number of halogens is 3. The molecule has 1 amide bonds. The summed E-state index contributed by atoms with van der Waals surface area (Å²) in [5, 5.41) is 0.953. The summed E-state index contributed by atoms with van der Waals surface area (Å²) < 4.78 is 43.1. The summed E-state index contributed by atoms with van der Waals surface area (Å²) >= 11 is 0. The molecular formula is C31H32F3N3O. The number of carbonyl (C=O) groups excluding carboxylic acids is 1. The zero-order valence-corrected chi connectivity index (χ0v) is 21.5. The van der Waals surface area contributed by atoms with E-state index in [0.29, 0.717) is 25.2 Å². The van der Waals surface area contributed by atoms with E-state index in [0.717, 1.165) is 47.7 Å². The third kappa shape index (κ3) is 5.63. The lowest BCUT2D eigenvalue weighted by Gasteiger charge is -2.35. The molecule has 4 aromatic rings. The smallest absolute Gasteiger partial charge is 0.343 e. The van der Waals surface area contributed by atoms with E-state index in [9.17, 15) is 18.0 Å². The minimum Gasteiger partial charge on any atom is -0.343 e. The number of rotatable bonds is 7. The number of likely N-dealkylation sites (N-methyl/N-ethyl adjacent to an activating group) is 1. The maximum Gasteiger partial charge on any atom is 0.416 e. The standard InChI is InChI=1S/C31H32F3N3O/c1-2-35-15-17-36(18-16-35)30(38)20-27(24-11-8-12-25(19-24)31(32,33)34)28-22-37(21-23-9-4-3-5-10-23)29-14-7-6-13-26(28)29/h3-14,19,22,27H,2,15-18,20-21H2,1H3/t27-/m0/s1. The lowest BCUT2D eigenvalue weighted by Crippen LogP contribution is -2.48. The van der Waals surface area contributed by atoms with E-state index in [-0.39, 0.29) is 12.3 Å². The number of amides is 1. The Balaban J connectivity index is 1.55. The maximum atomic E-state index is 13.7. The molecule has 2 heterocycles. The minimum absolute atomic E-state index is 0.0249. The fraction of sp³-hybridized carbons (Fsp3) is 0.323. The molecule has 1 aliphatic rings. The number of benzene rings is 3. The van der Waals surface area contributed by atoms with Crippen LogP contribution in [0, 0.1) is 0 Å². The topological polar surface area (TPSA) is 28.5 Å². The van der Waals surface area contributed by atoms with Gasteiger partial charge in [0.15, 0.2) is 0 Å². The van der Waals surface area contributed by atoms with Crippen LogP contribution in [0.25, 0.3) is 10.9 Å². The molecule has 7 heteroatoms. The Morgan fingerprint density at radius 3 is 2.32 bits per heavy atom. The Labute approximate surface area is 221 Å². The fourth-order valence-electron chi connectivity index (χ4n) is 5.42. The van der Waals surface area contributed by atoms with Crippen LogP contribution in [0.2, 0.25) is 0 Å². The van der Waals surface area contributed by atoms with Crippen molar-refractivity contribution < 1.29 is 18.0 Å². The third-order valence-corrected chi connectivity index (χ3v) is 7.56. The van der Waals surface area contributed by atoms with Crippen LogP contribution < -0.4 is 0 Å². The summed E-state index contributed by atoms with van der Waals surface area (Å²) in [6, 6.07) is 23.4. The van der Waals surface area contributed by atoms with Gasteiger partial charge in [0.2, 0.25) is 5.91 Å². The zero-order valence-electron chi connectivity index (χ0n) is 21.5. The number of alkyl halides is 3. The first-order valence-electron chi connectivity index (χ1n) is 13.1. The number of fused-ring (bicyclic) bond motifs is 1. The Hall–Kier alpha value is -3.58. The van der Waals surface area contributed by atoms with Crippen molar-refractivity contribution in [1.29, 1.82) is 0 Å². The van der Waals surface area contributed by atoms with Gasteiger partial charge in [-0.05, 0) is 35.4 Å². The molecule has 3 aromatic carbocycles. The monoisotopic (exact) mass is 519 g/mol. The van der Waals surface area contributed by atoms with Crippen LogP contribution in [0.3, 0.4) is 0 Å². The molecule has 4 nitrogen and oxygen atoms in total. The van der Waals surface area contributed by atoms with Crippen molar-refractivity contribution in [3.05, 3.63) is 107 Å². The van der Waals surface area contributed by atoms with Crippen LogP contribution in [-0.2, 0) is 17.5 Å². The summed E-state index contributed by atoms with van der Waals surface area (Å²) in [6.45, 7) is 6.57. The highest BCUT2D eigenvalue weighted by atomic mass is 19.4. The maximum absolute atomic E-state index is 13.7. The first-order valence-corrected chi connectivity index (χ1v) is 13.1. The lowest BCUT2D eigenvalue weighted by atomic mass is 9.87. The Bertz CT molecular complexity index is 1390. The van der Waals surface area contributed by atoms with Gasteiger partial charge in [0, 0.05) is 62.2 Å². The number of para-hydroxylation sites is 1. The fourth-order valence-corrected chi connectivity index (χ4v) is 5.42. The van der Waals surface area contributed by atoms with Crippen LogP contribution in [0.4, 0.5) is 13.2 Å². The van der Waals surface area contributed by atoms with Crippen molar-refractivity contribution in [1.82, 2.24) is 14.4 Å². The Kier molecular flexibility index (Phi) is 7.56. The second-order valence-electron chi connectivity index (χ2n) is 9.91. The highest BCUT2D eigenvalue weighted by Gasteiger charge is 2.32. The molecule has 5 rings (SSSR count). The normalized spacial score (nSPS) is 15.6. The number of hydrogen-bond acceptors (Lipinski definition) is 2. The van der Waals surface area contributed by atoms with Gasteiger partial charge in [0.1, 0.15) is 0 Å². The number of hydrogen-bond donors (Lipinski definition) is 0. The van der Waals surface area contributed by atoms with Gasteiger partial charge in [-0.2, -0.15) is 13.2 Å². The van der Waals surface area contributed by atoms with E-state index >= 15 is 0 Å². The quantitative estimate of drug-likeness (QED) is 0.283. The van der Waals surface area contributed by atoms with Gasteiger partial charge in [-0.15, -0.1) is 0 Å². The summed E-state index contributed by atoms with van der Waals surface area (Å²) in [5.74, 6) is -0.529. The van der Waals surface area contributed by atoms with Crippen LogP contribution in [0.1, 0.15) is 41.5 Å². The van der Waals surface area contributed by atoms with Crippen LogP contribution in [0.15, 0.2) is 85.1 Å². The molecule has 198 valence electrons. The van der Waals surface area contributed by atoms with Gasteiger partial charge in [-0.25, -0.2) is 0 Å². The van der Waals surface area contributed by atoms with Gasteiger partial charge in [-0.3, -0.25) is 4.79 Å². The van der Waals surface area contributed by atoms with E-state index in [1.54, 1.807) is 6.07 Å². The lowest BCUT2D eigenvalue weighted by molar-refractivity contribution is -0.137. The first-order chi connectivity index (χ1) is 18.3. The Morgan fingerprint density at radius 2 is 1.61 bits per heavy atom. The molecule has 1 saturated heterocycles. The average molecular weight is 520 g/mol. The zero-order chi connectivity index (χ0) is 26.7. The molecule has 38 heavy (non-hydrogen) atoms. The second-order valence-corrected chi connectivity index (χ2v) is 9.91. The van der Waals surface area contributed by atoms with Gasteiger partial charge in [-0.1, -0.05) is 73.7 Å². The van der Waals surface area contributed by atoms with Crippen LogP contribution in [-0.4, -0.2) is 53.0 Å². The van der Waals surface area contributed by atoms with Crippen molar-refractivity contribution in [3.63, 3.8) is 0 Å². The molecule has 1 aliphatic heterocycles. The summed E-state index contributed by atoms with van der Waals surface area (Å²) in [4.78, 5) is 17.7. The first kappa shape index (κ1) is 26.0. The van der Waals surface area contributed by atoms with Crippen molar-refractivity contribution >= 4 is 16.8 Å². The molecule has 1 atom stereocenters. The molecule has 0 bridgehead atoms. The molecule has 0 unspecified atom stereocenters. The van der Waals surface area contributed by atoms with Gasteiger partial charge in [0.25, 0.3) is 0 Å². The van der Waals surface area contributed by atoms with E-state index in [4.69, 9.17) is 0 Å². The SMILES string of the molecule is CCN1CCN(C(=O)C[C@@H](c2cccc(C(F)(F)F)c2)c2cn(Cc3ccccc3)c3ccccc23)CC1. The van der Waals surface area contributed by atoms with Gasteiger partial charge >= 0.3 is 6.18 Å². The summed E-state index contributed by atoms with van der Waals surface area (Å²) in [6.07, 6.45) is -2.32. The van der Waals surface area contributed by atoms with Gasteiger partial charge in [0.05, 0.1) is 5.56 Å². The molecular weight excluding hydrogens is 487 g/mol. The average Bonchev–Trinajstić information content (AvgIpc) is 3.29. The largest absolute Gasteiger partial charge is 0.416 e. The van der Waals surface area contributed by atoms with Crippen LogP contribution >= 0.6 is 0 Å². The second kappa shape index (κ2) is 11.0. The summed E-state index contributed by atoms with van der Waals surface area (Å²) in [5.41, 5.74) is 2.80. The Morgan fingerprint density at radius 1 is 0.895 bits per heavy atom. The highest BCUT2D eigenvalue weighted by molar-refractivity contribution is 5.87. The van der Waals surface area contributed by atoms with Crippen molar-refractivity contribution in [2.45, 2.75) is 32.0 Å². The van der Waals surface area contributed by atoms with E-state index in [1.165, 1.54) is 12.1 Å². The third-order valence-electron chi connectivity index (χ3n) is 7.56. The predicted molar refractivity (Wildman–Crippen MR) is 144 cm³/mol.